The molecular formula is C19H14N2O3S. The molecule has 0 saturated heterocycles. The highest BCUT2D eigenvalue weighted by Crippen LogP contribution is 2.41. The molecule has 0 amide bonds. The van der Waals surface area contributed by atoms with Crippen molar-refractivity contribution in [3.8, 4) is 23.3 Å². The minimum atomic E-state index is 0.492. The number of aromatic nitrogens is 1. The first-order chi connectivity index (χ1) is 12.3. The van der Waals surface area contributed by atoms with Crippen LogP contribution in [0.1, 0.15) is 10.6 Å². The molecule has 2 aromatic carbocycles. The van der Waals surface area contributed by atoms with Crippen LogP contribution in [0.15, 0.2) is 36.4 Å². The van der Waals surface area contributed by atoms with Crippen LogP contribution in [0, 0.1) is 11.3 Å². The fourth-order valence-corrected chi connectivity index (χ4v) is 3.60. The number of ether oxygens (including phenoxy) is 3. The Bertz CT molecular complexity index is 967. The Hall–Kier alpha value is -3.04. The van der Waals surface area contributed by atoms with Gasteiger partial charge in [-0.05, 0) is 35.9 Å². The summed E-state index contributed by atoms with van der Waals surface area (Å²) in [6.45, 7) is 0.986. The Labute approximate surface area is 148 Å². The SMILES string of the molecule is COc1cc(/C=C(\C#N)c2nc3ccccc3s2)cc2c1OCCO2. The number of hydrogen-bond acceptors (Lipinski definition) is 6. The minimum absolute atomic E-state index is 0.492. The summed E-state index contributed by atoms with van der Waals surface area (Å²) in [6.07, 6.45) is 1.79. The van der Waals surface area contributed by atoms with Gasteiger partial charge in [0.25, 0.3) is 0 Å². The number of rotatable bonds is 3. The highest BCUT2D eigenvalue weighted by Gasteiger charge is 2.18. The van der Waals surface area contributed by atoms with E-state index in [2.05, 4.69) is 11.1 Å². The molecule has 0 atom stereocenters. The maximum Gasteiger partial charge on any atom is 0.203 e. The Morgan fingerprint density at radius 1 is 1.28 bits per heavy atom. The predicted octanol–water partition coefficient (Wildman–Crippen LogP) is 4.14. The summed E-state index contributed by atoms with van der Waals surface area (Å²) >= 11 is 1.50. The first-order valence-corrected chi connectivity index (χ1v) is 8.55. The van der Waals surface area contributed by atoms with Crippen molar-refractivity contribution in [3.05, 3.63) is 47.0 Å². The third kappa shape index (κ3) is 2.90. The van der Waals surface area contributed by atoms with Crippen molar-refractivity contribution >= 4 is 33.2 Å². The molecular weight excluding hydrogens is 336 g/mol. The third-order valence-electron chi connectivity index (χ3n) is 3.81. The van der Waals surface area contributed by atoms with Gasteiger partial charge in [0.05, 0.1) is 22.9 Å². The lowest BCUT2D eigenvalue weighted by Gasteiger charge is -2.21. The van der Waals surface area contributed by atoms with Crippen LogP contribution in [0.3, 0.4) is 0 Å². The van der Waals surface area contributed by atoms with E-state index >= 15 is 0 Å². The fourth-order valence-electron chi connectivity index (χ4n) is 2.67. The molecule has 0 aliphatic carbocycles. The smallest absolute Gasteiger partial charge is 0.203 e. The second-order valence-electron chi connectivity index (χ2n) is 5.40. The fraction of sp³-hybridized carbons (Fsp3) is 0.158. The van der Waals surface area contributed by atoms with E-state index in [0.717, 1.165) is 15.8 Å². The molecule has 124 valence electrons. The second-order valence-corrected chi connectivity index (χ2v) is 6.43. The Balaban J connectivity index is 1.79. The van der Waals surface area contributed by atoms with Crippen LogP contribution in [0.4, 0.5) is 0 Å². The zero-order chi connectivity index (χ0) is 17.2. The largest absolute Gasteiger partial charge is 0.493 e. The highest BCUT2D eigenvalue weighted by atomic mass is 32.1. The van der Waals surface area contributed by atoms with Crippen molar-refractivity contribution in [1.29, 1.82) is 5.26 Å². The maximum absolute atomic E-state index is 9.59. The summed E-state index contributed by atoms with van der Waals surface area (Å²) < 4.78 is 17.7. The normalized spacial score (nSPS) is 13.5. The quantitative estimate of drug-likeness (QED) is 0.664. The summed E-state index contributed by atoms with van der Waals surface area (Å²) in [5, 5.41) is 10.3. The van der Waals surface area contributed by atoms with Gasteiger partial charge in [-0.2, -0.15) is 5.26 Å². The van der Waals surface area contributed by atoms with Crippen LogP contribution in [-0.4, -0.2) is 25.3 Å². The van der Waals surface area contributed by atoms with Crippen LogP contribution >= 0.6 is 11.3 Å². The molecule has 5 nitrogen and oxygen atoms in total. The van der Waals surface area contributed by atoms with Gasteiger partial charge >= 0.3 is 0 Å². The Morgan fingerprint density at radius 2 is 2.12 bits per heavy atom. The summed E-state index contributed by atoms with van der Waals surface area (Å²) in [5.41, 5.74) is 2.19. The zero-order valence-corrected chi connectivity index (χ0v) is 14.3. The topological polar surface area (TPSA) is 64.4 Å². The Morgan fingerprint density at radius 3 is 2.92 bits per heavy atom. The van der Waals surface area contributed by atoms with Gasteiger partial charge in [-0.3, -0.25) is 0 Å². The van der Waals surface area contributed by atoms with Gasteiger partial charge in [-0.25, -0.2) is 4.98 Å². The van der Waals surface area contributed by atoms with Crippen molar-refractivity contribution < 1.29 is 14.2 Å². The van der Waals surface area contributed by atoms with Crippen molar-refractivity contribution in [2.45, 2.75) is 0 Å². The summed E-state index contributed by atoms with van der Waals surface area (Å²) in [5.74, 6) is 1.81. The zero-order valence-electron chi connectivity index (χ0n) is 13.5. The van der Waals surface area contributed by atoms with Crippen molar-refractivity contribution in [3.63, 3.8) is 0 Å². The lowest BCUT2D eigenvalue weighted by atomic mass is 10.1. The number of benzene rings is 2. The monoisotopic (exact) mass is 350 g/mol. The van der Waals surface area contributed by atoms with Gasteiger partial charge in [0.1, 0.15) is 24.3 Å². The molecule has 0 bridgehead atoms. The van der Waals surface area contributed by atoms with Gasteiger partial charge in [0.15, 0.2) is 11.5 Å². The lowest BCUT2D eigenvalue weighted by molar-refractivity contribution is 0.165. The number of para-hydroxylation sites is 1. The predicted molar refractivity (Wildman–Crippen MR) is 97.1 cm³/mol. The van der Waals surface area contributed by atoms with Crippen LogP contribution in [0.25, 0.3) is 21.9 Å². The number of methoxy groups -OCH3 is 1. The van der Waals surface area contributed by atoms with E-state index in [9.17, 15) is 5.26 Å². The lowest BCUT2D eigenvalue weighted by Crippen LogP contribution is -2.16. The van der Waals surface area contributed by atoms with Crippen molar-refractivity contribution in [1.82, 2.24) is 4.98 Å². The number of nitrogens with zero attached hydrogens (tertiary/aromatic N) is 2. The van der Waals surface area contributed by atoms with Gasteiger partial charge in [-0.15, -0.1) is 11.3 Å². The first-order valence-electron chi connectivity index (χ1n) is 7.74. The van der Waals surface area contributed by atoms with E-state index in [1.54, 1.807) is 13.2 Å². The van der Waals surface area contributed by atoms with E-state index in [1.165, 1.54) is 11.3 Å². The van der Waals surface area contributed by atoms with E-state index in [4.69, 9.17) is 14.2 Å². The van der Waals surface area contributed by atoms with E-state index in [1.807, 2.05) is 36.4 Å². The average Bonchev–Trinajstić information content (AvgIpc) is 3.09. The number of fused-ring (bicyclic) bond motifs is 2. The molecule has 0 unspecified atom stereocenters. The average molecular weight is 350 g/mol. The molecule has 3 aromatic rings. The molecule has 0 radical (unpaired) electrons. The minimum Gasteiger partial charge on any atom is -0.493 e. The molecule has 0 fully saturated rings. The van der Waals surface area contributed by atoms with Gasteiger partial charge in [0, 0.05) is 0 Å². The highest BCUT2D eigenvalue weighted by molar-refractivity contribution is 7.19. The second kappa shape index (κ2) is 6.46. The number of allylic oxidation sites excluding steroid dienone is 1. The molecule has 1 aromatic heterocycles. The van der Waals surface area contributed by atoms with Crippen molar-refractivity contribution in [2.75, 3.05) is 20.3 Å². The van der Waals surface area contributed by atoms with E-state index in [0.29, 0.717) is 41.0 Å². The molecule has 1 aliphatic rings. The first kappa shape index (κ1) is 15.5. The third-order valence-corrected chi connectivity index (χ3v) is 4.88. The van der Waals surface area contributed by atoms with E-state index < -0.39 is 0 Å². The van der Waals surface area contributed by atoms with E-state index in [-0.39, 0.29) is 0 Å². The standard InChI is InChI=1S/C19H14N2O3S/c1-22-15-9-12(10-16-18(15)24-7-6-23-16)8-13(11-20)19-21-14-4-2-3-5-17(14)25-19/h2-5,8-10H,6-7H2,1H3/b13-8+. The molecule has 2 heterocycles. The van der Waals surface area contributed by atoms with Crippen molar-refractivity contribution in [2.24, 2.45) is 0 Å². The van der Waals surface area contributed by atoms with Gasteiger partial charge < -0.3 is 14.2 Å². The maximum atomic E-state index is 9.59. The molecule has 1 aliphatic heterocycles. The molecule has 0 N–H and O–H groups in total. The summed E-state index contributed by atoms with van der Waals surface area (Å²) in [6, 6.07) is 13.8. The molecule has 6 heteroatoms. The van der Waals surface area contributed by atoms with Gasteiger partial charge in [-0.1, -0.05) is 12.1 Å². The van der Waals surface area contributed by atoms with Crippen LogP contribution in [0.2, 0.25) is 0 Å². The van der Waals surface area contributed by atoms with Crippen LogP contribution in [-0.2, 0) is 0 Å². The molecule has 0 saturated carbocycles. The van der Waals surface area contributed by atoms with Crippen LogP contribution in [0.5, 0.6) is 17.2 Å². The van der Waals surface area contributed by atoms with Gasteiger partial charge in [0.2, 0.25) is 5.75 Å². The number of nitriles is 1. The van der Waals surface area contributed by atoms with Crippen LogP contribution < -0.4 is 14.2 Å². The number of thiazole rings is 1. The molecule has 0 spiro atoms. The number of hydrogen-bond donors (Lipinski definition) is 0. The molecule has 4 rings (SSSR count). The summed E-state index contributed by atoms with van der Waals surface area (Å²) in [4.78, 5) is 4.55. The summed E-state index contributed by atoms with van der Waals surface area (Å²) in [7, 11) is 1.58. The Kier molecular flexibility index (Phi) is 4.00. The molecule has 25 heavy (non-hydrogen) atoms.